The number of hydrogen-bond donors (Lipinski definition) is 0. The molecule has 1 aliphatic rings. The minimum absolute atomic E-state index is 0.127. The van der Waals surface area contributed by atoms with Crippen LogP contribution in [0.2, 0.25) is 0 Å². The number of fused-ring (bicyclic) bond motifs is 1. The van der Waals surface area contributed by atoms with Crippen molar-refractivity contribution in [3.63, 3.8) is 0 Å². The van der Waals surface area contributed by atoms with E-state index in [4.69, 9.17) is 14.5 Å². The van der Waals surface area contributed by atoms with E-state index >= 15 is 0 Å². The molecule has 3 aromatic rings. The first-order valence-electron chi connectivity index (χ1n) is 10.5. The number of ether oxygens (including phenoxy) is 2. The second kappa shape index (κ2) is 8.55. The Hall–Kier alpha value is -2.91. The zero-order valence-electron chi connectivity index (χ0n) is 18.7. The van der Waals surface area contributed by atoms with Crippen molar-refractivity contribution >= 4 is 26.7 Å². The van der Waals surface area contributed by atoms with E-state index in [9.17, 15) is 13.2 Å². The summed E-state index contributed by atoms with van der Waals surface area (Å²) in [7, 11) is -1.73. The monoisotopic (exact) mass is 457 g/mol. The van der Waals surface area contributed by atoms with Crippen molar-refractivity contribution in [3.8, 4) is 5.75 Å². The molecule has 0 saturated carbocycles. The Kier molecular flexibility index (Phi) is 5.96. The third-order valence-electron chi connectivity index (χ3n) is 5.61. The largest absolute Gasteiger partial charge is 0.485 e. The van der Waals surface area contributed by atoms with Gasteiger partial charge in [0.15, 0.2) is 9.84 Å². The van der Waals surface area contributed by atoms with Gasteiger partial charge in [-0.1, -0.05) is 18.2 Å². The van der Waals surface area contributed by atoms with E-state index < -0.39 is 15.9 Å². The Balaban J connectivity index is 1.84. The molecule has 0 radical (unpaired) electrons. The average molecular weight is 458 g/mol. The van der Waals surface area contributed by atoms with Crippen LogP contribution in [0.3, 0.4) is 0 Å². The molecule has 32 heavy (non-hydrogen) atoms. The molecule has 9 heteroatoms. The molecule has 1 aliphatic heterocycles. The van der Waals surface area contributed by atoms with Crippen molar-refractivity contribution in [2.45, 2.75) is 24.8 Å². The molecule has 0 amide bonds. The maximum atomic E-state index is 13.2. The maximum absolute atomic E-state index is 13.2. The highest BCUT2D eigenvalue weighted by Crippen LogP contribution is 2.31. The van der Waals surface area contributed by atoms with Gasteiger partial charge >= 0.3 is 0 Å². The number of anilines is 1. The number of hydrogen-bond acceptors (Lipinski definition) is 7. The van der Waals surface area contributed by atoms with E-state index in [1.165, 1.54) is 6.07 Å². The summed E-state index contributed by atoms with van der Waals surface area (Å²) >= 11 is 0. The van der Waals surface area contributed by atoms with Gasteiger partial charge in [-0.25, -0.2) is 13.4 Å². The predicted molar refractivity (Wildman–Crippen MR) is 123 cm³/mol. The lowest BCUT2D eigenvalue weighted by atomic mass is 10.0. The molecular formula is C23H27N3O5S. The second-order valence-corrected chi connectivity index (χ2v) is 10.1. The van der Waals surface area contributed by atoms with E-state index in [1.807, 2.05) is 30.9 Å². The quantitative estimate of drug-likeness (QED) is 0.582. The Morgan fingerprint density at radius 3 is 2.53 bits per heavy atom. The molecule has 0 bridgehead atoms. The van der Waals surface area contributed by atoms with Crippen molar-refractivity contribution in [2.75, 3.05) is 37.5 Å². The first-order valence-corrected chi connectivity index (χ1v) is 12.4. The van der Waals surface area contributed by atoms with Gasteiger partial charge in [0, 0.05) is 32.0 Å². The molecule has 1 saturated heterocycles. The van der Waals surface area contributed by atoms with E-state index in [2.05, 4.69) is 0 Å². The third kappa shape index (κ3) is 4.22. The number of rotatable bonds is 5. The molecule has 1 aromatic heterocycles. The summed E-state index contributed by atoms with van der Waals surface area (Å²) in [4.78, 5) is 20.2. The highest BCUT2D eigenvalue weighted by atomic mass is 32.2. The third-order valence-corrected chi connectivity index (χ3v) is 6.75. The SMILES string of the molecule is Cc1cc(C(C)Oc2ccccc2S(C)(=O)=O)c2nc(N3CCOCC3)n(C)c(=O)c2c1. The molecule has 0 aliphatic carbocycles. The first kappa shape index (κ1) is 22.3. The van der Waals surface area contributed by atoms with Gasteiger partial charge in [-0.05, 0) is 37.6 Å². The molecule has 2 aromatic carbocycles. The van der Waals surface area contributed by atoms with Crippen molar-refractivity contribution in [2.24, 2.45) is 7.05 Å². The second-order valence-electron chi connectivity index (χ2n) is 8.10. The van der Waals surface area contributed by atoms with Gasteiger partial charge in [-0.15, -0.1) is 0 Å². The van der Waals surface area contributed by atoms with E-state index in [-0.39, 0.29) is 16.2 Å². The molecule has 4 rings (SSSR count). The average Bonchev–Trinajstić information content (AvgIpc) is 2.76. The van der Waals surface area contributed by atoms with Crippen LogP contribution in [-0.2, 0) is 21.6 Å². The predicted octanol–water partition coefficient (Wildman–Crippen LogP) is 2.62. The minimum atomic E-state index is -3.46. The van der Waals surface area contributed by atoms with Gasteiger partial charge in [-0.3, -0.25) is 9.36 Å². The number of aryl methyl sites for hydroxylation is 1. The molecule has 2 heterocycles. The highest BCUT2D eigenvalue weighted by molar-refractivity contribution is 7.90. The van der Waals surface area contributed by atoms with E-state index in [0.717, 1.165) is 17.4 Å². The maximum Gasteiger partial charge on any atom is 0.262 e. The molecule has 8 nitrogen and oxygen atoms in total. The van der Waals surface area contributed by atoms with Crippen LogP contribution in [0, 0.1) is 6.92 Å². The van der Waals surface area contributed by atoms with Crippen molar-refractivity contribution < 1.29 is 17.9 Å². The summed E-state index contributed by atoms with van der Waals surface area (Å²) < 4.78 is 37.5. The first-order chi connectivity index (χ1) is 15.2. The lowest BCUT2D eigenvalue weighted by Gasteiger charge is -2.29. The standard InChI is InChI=1S/C23H27N3O5S/c1-15-13-17(16(2)31-19-7-5-6-8-20(19)32(4,28)29)21-18(14-15)22(27)25(3)23(24-21)26-9-11-30-12-10-26/h5-8,13-14,16H,9-12H2,1-4H3. The summed E-state index contributed by atoms with van der Waals surface area (Å²) in [6.45, 7) is 6.21. The zero-order chi connectivity index (χ0) is 23.0. The van der Waals surface area contributed by atoms with Gasteiger partial charge in [0.25, 0.3) is 5.56 Å². The lowest BCUT2D eigenvalue weighted by Crippen LogP contribution is -2.40. The zero-order valence-corrected chi connectivity index (χ0v) is 19.5. The smallest absolute Gasteiger partial charge is 0.262 e. The van der Waals surface area contributed by atoms with Crippen LogP contribution in [0.25, 0.3) is 10.9 Å². The molecular weight excluding hydrogens is 430 g/mol. The Morgan fingerprint density at radius 2 is 1.84 bits per heavy atom. The van der Waals surface area contributed by atoms with Crippen molar-refractivity contribution in [1.29, 1.82) is 0 Å². The normalized spacial score (nSPS) is 15.7. The highest BCUT2D eigenvalue weighted by Gasteiger charge is 2.23. The van der Waals surface area contributed by atoms with Crippen LogP contribution >= 0.6 is 0 Å². The van der Waals surface area contributed by atoms with Gasteiger partial charge < -0.3 is 14.4 Å². The fourth-order valence-electron chi connectivity index (χ4n) is 4.01. The summed E-state index contributed by atoms with van der Waals surface area (Å²) in [6, 6.07) is 10.3. The van der Waals surface area contributed by atoms with Crippen LogP contribution < -0.4 is 15.2 Å². The number of para-hydroxylation sites is 1. The number of nitrogens with zero attached hydrogens (tertiary/aromatic N) is 3. The molecule has 1 atom stereocenters. The molecule has 0 N–H and O–H groups in total. The fraction of sp³-hybridized carbons (Fsp3) is 0.391. The van der Waals surface area contributed by atoms with Crippen molar-refractivity contribution in [3.05, 3.63) is 57.9 Å². The molecule has 1 fully saturated rings. The van der Waals surface area contributed by atoms with Gasteiger partial charge in [-0.2, -0.15) is 0 Å². The summed E-state index contributed by atoms with van der Waals surface area (Å²) in [6.07, 6.45) is 0.624. The Morgan fingerprint density at radius 1 is 1.16 bits per heavy atom. The van der Waals surface area contributed by atoms with Crippen molar-refractivity contribution in [1.82, 2.24) is 9.55 Å². The Bertz CT molecular complexity index is 1330. The minimum Gasteiger partial charge on any atom is -0.485 e. The summed E-state index contributed by atoms with van der Waals surface area (Å²) in [5.74, 6) is 0.856. The van der Waals surface area contributed by atoms with Crippen LogP contribution in [0.15, 0.2) is 46.1 Å². The molecule has 170 valence electrons. The van der Waals surface area contributed by atoms with Crippen LogP contribution in [0.4, 0.5) is 5.95 Å². The van der Waals surface area contributed by atoms with Crippen LogP contribution in [0.1, 0.15) is 24.2 Å². The van der Waals surface area contributed by atoms with Gasteiger partial charge in [0.1, 0.15) is 16.7 Å². The number of benzene rings is 2. The fourth-order valence-corrected chi connectivity index (χ4v) is 4.81. The molecule has 1 unspecified atom stereocenters. The van der Waals surface area contributed by atoms with Crippen LogP contribution in [-0.4, -0.2) is 50.5 Å². The van der Waals surface area contributed by atoms with Gasteiger partial charge in [0.2, 0.25) is 5.95 Å². The lowest BCUT2D eigenvalue weighted by molar-refractivity contribution is 0.121. The number of aromatic nitrogens is 2. The Labute approximate surface area is 187 Å². The van der Waals surface area contributed by atoms with E-state index in [1.54, 1.807) is 29.8 Å². The van der Waals surface area contributed by atoms with Gasteiger partial charge in [0.05, 0.1) is 24.1 Å². The van der Waals surface area contributed by atoms with E-state index in [0.29, 0.717) is 43.2 Å². The van der Waals surface area contributed by atoms with Crippen LogP contribution in [0.5, 0.6) is 5.75 Å². The topological polar surface area (TPSA) is 90.7 Å². The molecule has 0 spiro atoms. The summed E-state index contributed by atoms with van der Waals surface area (Å²) in [5, 5.41) is 0.506. The summed E-state index contributed by atoms with van der Waals surface area (Å²) in [5.41, 5.74) is 2.06. The number of sulfone groups is 1. The number of morpholine rings is 1.